The first-order valence-electron chi connectivity index (χ1n) is 4.76. The lowest BCUT2D eigenvalue weighted by atomic mass is 10.1. The molecule has 1 N–H and O–H groups in total. The highest BCUT2D eigenvalue weighted by Gasteiger charge is 2.45. The summed E-state index contributed by atoms with van der Waals surface area (Å²) in [7, 11) is -3.50. The van der Waals surface area contributed by atoms with Gasteiger partial charge < -0.3 is 5.11 Å². The average molecular weight is 437 g/mol. The summed E-state index contributed by atoms with van der Waals surface area (Å²) in [5.74, 6) is -0.535. The fraction of sp³-hybridized carbons (Fsp3) is 0.400. The lowest BCUT2D eigenvalue weighted by molar-refractivity contribution is 0.191. The zero-order chi connectivity index (χ0) is 13.3. The summed E-state index contributed by atoms with van der Waals surface area (Å²) in [6, 6.07) is 5.08. The van der Waals surface area contributed by atoms with Crippen molar-refractivity contribution in [2.24, 2.45) is 0 Å². The van der Waals surface area contributed by atoms with Crippen molar-refractivity contribution in [3.05, 3.63) is 35.6 Å². The Balaban J connectivity index is 3.12. The standard InChI is InChI=1S/C10H11BrFIO3S/c1-2-17(15,16)10(11,13)9(14)7-3-5-8(12)6-4-7/h3-6,9,14H,2H2,1H3/t9-,10-/m0/s1. The van der Waals surface area contributed by atoms with E-state index in [-0.39, 0.29) is 5.75 Å². The second kappa shape index (κ2) is 5.50. The number of benzene rings is 1. The van der Waals surface area contributed by atoms with Crippen molar-refractivity contribution in [2.45, 2.75) is 14.7 Å². The Morgan fingerprint density at radius 1 is 1.47 bits per heavy atom. The first kappa shape index (κ1) is 15.3. The minimum Gasteiger partial charge on any atom is -0.385 e. The van der Waals surface area contributed by atoms with Crippen molar-refractivity contribution in [3.63, 3.8) is 0 Å². The molecule has 0 aromatic heterocycles. The van der Waals surface area contributed by atoms with Gasteiger partial charge in [-0.2, -0.15) is 0 Å². The summed E-state index contributed by atoms with van der Waals surface area (Å²) in [6.07, 6.45) is -1.27. The molecule has 0 unspecified atom stereocenters. The summed E-state index contributed by atoms with van der Waals surface area (Å²) < 4.78 is 34.9. The van der Waals surface area contributed by atoms with E-state index in [4.69, 9.17) is 0 Å². The Kier molecular flexibility index (Phi) is 4.96. The Morgan fingerprint density at radius 3 is 2.35 bits per heavy atom. The molecule has 96 valence electrons. The first-order chi connectivity index (χ1) is 7.72. The Hall–Kier alpha value is 0.270. The first-order valence-corrected chi connectivity index (χ1v) is 8.28. The average Bonchev–Trinajstić information content (AvgIpc) is 2.28. The lowest BCUT2D eigenvalue weighted by Crippen LogP contribution is -2.33. The fourth-order valence-electron chi connectivity index (χ4n) is 1.20. The molecule has 1 rings (SSSR count). The number of alkyl halides is 2. The monoisotopic (exact) mass is 436 g/mol. The van der Waals surface area contributed by atoms with E-state index in [1.807, 2.05) is 0 Å². The minimum atomic E-state index is -3.50. The molecule has 0 aliphatic rings. The van der Waals surface area contributed by atoms with Crippen LogP contribution in [0.5, 0.6) is 0 Å². The molecule has 7 heteroatoms. The maximum atomic E-state index is 12.7. The topological polar surface area (TPSA) is 54.4 Å². The molecule has 0 spiro atoms. The third-order valence-electron chi connectivity index (χ3n) is 2.30. The molecule has 0 radical (unpaired) electrons. The van der Waals surface area contributed by atoms with Crippen LogP contribution in [-0.2, 0) is 9.84 Å². The highest BCUT2D eigenvalue weighted by molar-refractivity contribution is 14.1. The Labute approximate surface area is 122 Å². The Morgan fingerprint density at radius 2 is 1.94 bits per heavy atom. The molecule has 0 bridgehead atoms. The number of halogens is 3. The summed E-state index contributed by atoms with van der Waals surface area (Å²) in [4.78, 5) is 0. The molecule has 17 heavy (non-hydrogen) atoms. The van der Waals surface area contributed by atoms with Crippen LogP contribution in [0.15, 0.2) is 24.3 Å². The number of hydrogen-bond donors (Lipinski definition) is 1. The van der Waals surface area contributed by atoms with Gasteiger partial charge in [0.15, 0.2) is 9.84 Å². The smallest absolute Gasteiger partial charge is 0.207 e. The van der Waals surface area contributed by atoms with Crippen LogP contribution in [0.25, 0.3) is 0 Å². The van der Waals surface area contributed by atoms with E-state index in [0.717, 1.165) is 0 Å². The van der Waals surface area contributed by atoms with Crippen molar-refractivity contribution >= 4 is 48.4 Å². The quantitative estimate of drug-likeness (QED) is 0.583. The number of sulfone groups is 1. The van der Waals surface area contributed by atoms with E-state index in [1.165, 1.54) is 31.2 Å². The highest BCUT2D eigenvalue weighted by Crippen LogP contribution is 2.45. The van der Waals surface area contributed by atoms with E-state index in [1.54, 1.807) is 22.6 Å². The maximum absolute atomic E-state index is 12.7. The number of rotatable bonds is 4. The van der Waals surface area contributed by atoms with Crippen molar-refractivity contribution in [3.8, 4) is 0 Å². The van der Waals surface area contributed by atoms with Gasteiger partial charge in [-0.3, -0.25) is 0 Å². The highest BCUT2D eigenvalue weighted by atomic mass is 127. The van der Waals surface area contributed by atoms with E-state index in [0.29, 0.717) is 5.56 Å². The van der Waals surface area contributed by atoms with Crippen LogP contribution >= 0.6 is 38.5 Å². The zero-order valence-electron chi connectivity index (χ0n) is 8.90. The van der Waals surface area contributed by atoms with E-state index < -0.39 is 23.4 Å². The molecular formula is C10H11BrFIO3S. The van der Waals surface area contributed by atoms with Crippen molar-refractivity contribution in [2.75, 3.05) is 5.75 Å². The summed E-state index contributed by atoms with van der Waals surface area (Å²) in [5, 5.41) is 10.0. The third-order valence-corrected chi connectivity index (χ3v) is 8.63. The molecular weight excluding hydrogens is 426 g/mol. The molecule has 0 amide bonds. The summed E-state index contributed by atoms with van der Waals surface area (Å²) >= 11 is 4.68. The van der Waals surface area contributed by atoms with E-state index in [2.05, 4.69) is 15.9 Å². The van der Waals surface area contributed by atoms with Gasteiger partial charge in [0.1, 0.15) is 11.9 Å². The second-order valence-electron chi connectivity index (χ2n) is 3.42. The van der Waals surface area contributed by atoms with Gasteiger partial charge in [-0.15, -0.1) is 0 Å². The van der Waals surface area contributed by atoms with Crippen molar-refractivity contribution < 1.29 is 17.9 Å². The zero-order valence-corrected chi connectivity index (χ0v) is 13.5. The number of aliphatic hydroxyl groups is 1. The molecule has 0 saturated carbocycles. The van der Waals surface area contributed by atoms with Crippen LogP contribution in [0.3, 0.4) is 0 Å². The molecule has 3 nitrogen and oxygen atoms in total. The molecule has 1 aromatic rings. The SMILES string of the molecule is CCS(=O)(=O)[C@@](Br)(I)[C@@H](O)c1ccc(F)cc1. The molecule has 0 aliphatic heterocycles. The van der Waals surface area contributed by atoms with Crippen LogP contribution in [0.4, 0.5) is 4.39 Å². The van der Waals surface area contributed by atoms with Gasteiger partial charge in [0, 0.05) is 5.75 Å². The van der Waals surface area contributed by atoms with Crippen LogP contribution in [0.2, 0.25) is 0 Å². The maximum Gasteiger partial charge on any atom is 0.207 e. The van der Waals surface area contributed by atoms with Crippen LogP contribution in [0, 0.1) is 5.82 Å². The van der Waals surface area contributed by atoms with Crippen LogP contribution in [0.1, 0.15) is 18.6 Å². The third kappa shape index (κ3) is 3.18. The van der Waals surface area contributed by atoms with Gasteiger partial charge in [0.2, 0.25) is 1.66 Å². The molecule has 0 saturated heterocycles. The fourth-order valence-corrected chi connectivity index (χ4v) is 4.31. The lowest BCUT2D eigenvalue weighted by Gasteiger charge is -2.26. The molecule has 0 heterocycles. The van der Waals surface area contributed by atoms with Gasteiger partial charge in [0.05, 0.1) is 0 Å². The van der Waals surface area contributed by atoms with Crippen LogP contribution in [-0.4, -0.2) is 20.9 Å². The normalized spacial score (nSPS) is 17.5. The van der Waals surface area contributed by atoms with Gasteiger partial charge >= 0.3 is 0 Å². The predicted octanol–water partition coefficient (Wildman–Crippen LogP) is 2.78. The predicted molar refractivity (Wildman–Crippen MR) is 76.5 cm³/mol. The van der Waals surface area contributed by atoms with Crippen molar-refractivity contribution in [1.29, 1.82) is 0 Å². The molecule has 0 fully saturated rings. The minimum absolute atomic E-state index is 0.0978. The molecule has 2 atom stereocenters. The summed E-state index contributed by atoms with van der Waals surface area (Å²) in [6.45, 7) is 1.50. The summed E-state index contributed by atoms with van der Waals surface area (Å²) in [5.41, 5.74) is 0.342. The van der Waals surface area contributed by atoms with Gasteiger partial charge in [-0.25, -0.2) is 12.8 Å². The Bertz CT molecular complexity index is 487. The largest absolute Gasteiger partial charge is 0.385 e. The second-order valence-corrected chi connectivity index (χ2v) is 11.6. The number of hydrogen-bond acceptors (Lipinski definition) is 3. The van der Waals surface area contributed by atoms with Crippen molar-refractivity contribution in [1.82, 2.24) is 0 Å². The van der Waals surface area contributed by atoms with E-state index in [9.17, 15) is 17.9 Å². The molecule has 1 aromatic carbocycles. The number of aliphatic hydroxyl groups excluding tert-OH is 1. The van der Waals surface area contributed by atoms with Gasteiger partial charge in [-0.1, -0.05) is 35.0 Å². The van der Waals surface area contributed by atoms with E-state index >= 15 is 0 Å². The molecule has 0 aliphatic carbocycles. The van der Waals surface area contributed by atoms with Crippen LogP contribution < -0.4 is 0 Å². The van der Waals surface area contributed by atoms with Gasteiger partial charge in [0.25, 0.3) is 0 Å². The van der Waals surface area contributed by atoms with Gasteiger partial charge in [-0.05, 0) is 40.3 Å².